The van der Waals surface area contributed by atoms with Crippen molar-refractivity contribution in [3.8, 4) is 11.6 Å². The molecule has 132 valence electrons. The summed E-state index contributed by atoms with van der Waals surface area (Å²) >= 11 is 0. The van der Waals surface area contributed by atoms with Gasteiger partial charge in [0, 0.05) is 39.7 Å². The molecule has 0 atom stereocenters. The molecule has 0 aliphatic carbocycles. The SMILES string of the molecule is CC(=O)c1ccc(Oc2cncc(N(C)CCN(C)C(C)=O)n2)cc1. The molecule has 0 fully saturated rings. The Kier molecular flexibility index (Phi) is 6.05. The maximum Gasteiger partial charge on any atom is 0.239 e. The first-order valence-corrected chi connectivity index (χ1v) is 7.90. The molecule has 2 rings (SSSR count). The van der Waals surface area contributed by atoms with Gasteiger partial charge in [-0.15, -0.1) is 0 Å². The molecule has 7 heteroatoms. The van der Waals surface area contributed by atoms with Crippen LogP contribution in [0.25, 0.3) is 0 Å². The van der Waals surface area contributed by atoms with Crippen LogP contribution in [0.5, 0.6) is 11.6 Å². The number of likely N-dealkylation sites (N-methyl/N-ethyl adjacent to an activating group) is 2. The van der Waals surface area contributed by atoms with Gasteiger partial charge in [-0.25, -0.2) is 0 Å². The Labute approximate surface area is 147 Å². The summed E-state index contributed by atoms with van der Waals surface area (Å²) in [6.45, 7) is 4.27. The van der Waals surface area contributed by atoms with E-state index in [0.29, 0.717) is 36.1 Å². The van der Waals surface area contributed by atoms with Gasteiger partial charge >= 0.3 is 0 Å². The Morgan fingerprint density at radius 1 is 1.04 bits per heavy atom. The number of carbonyl (C=O) groups is 2. The molecule has 0 bridgehead atoms. The fraction of sp³-hybridized carbons (Fsp3) is 0.333. The van der Waals surface area contributed by atoms with Crippen molar-refractivity contribution in [2.24, 2.45) is 0 Å². The maximum absolute atomic E-state index is 11.3. The summed E-state index contributed by atoms with van der Waals surface area (Å²) < 4.78 is 5.69. The van der Waals surface area contributed by atoms with E-state index in [4.69, 9.17) is 4.74 Å². The van der Waals surface area contributed by atoms with Gasteiger partial charge in [-0.1, -0.05) is 0 Å². The van der Waals surface area contributed by atoms with Crippen molar-refractivity contribution in [2.45, 2.75) is 13.8 Å². The molecule has 1 aromatic heterocycles. The number of ketones is 1. The summed E-state index contributed by atoms with van der Waals surface area (Å²) in [4.78, 5) is 34.7. The average Bonchev–Trinajstić information content (AvgIpc) is 2.60. The first kappa shape index (κ1) is 18.4. The van der Waals surface area contributed by atoms with E-state index in [-0.39, 0.29) is 11.7 Å². The van der Waals surface area contributed by atoms with Gasteiger partial charge in [-0.2, -0.15) is 4.98 Å². The van der Waals surface area contributed by atoms with Crippen molar-refractivity contribution in [3.63, 3.8) is 0 Å². The fourth-order valence-electron chi connectivity index (χ4n) is 2.02. The fourth-order valence-corrected chi connectivity index (χ4v) is 2.02. The summed E-state index contributed by atoms with van der Waals surface area (Å²) in [5, 5.41) is 0. The Bertz CT molecular complexity index is 746. The number of nitrogens with zero attached hydrogens (tertiary/aromatic N) is 4. The Morgan fingerprint density at radius 2 is 1.72 bits per heavy atom. The van der Waals surface area contributed by atoms with Crippen LogP contribution in [0.15, 0.2) is 36.7 Å². The molecule has 0 saturated carbocycles. The number of benzene rings is 1. The number of hydrogen-bond acceptors (Lipinski definition) is 6. The molecule has 1 aromatic carbocycles. The van der Waals surface area contributed by atoms with Gasteiger partial charge in [0.25, 0.3) is 0 Å². The molecule has 0 aliphatic rings. The smallest absolute Gasteiger partial charge is 0.239 e. The first-order chi connectivity index (χ1) is 11.9. The van der Waals surface area contributed by atoms with E-state index >= 15 is 0 Å². The predicted octanol–water partition coefficient (Wildman–Crippen LogP) is 2.39. The van der Waals surface area contributed by atoms with Crippen molar-refractivity contribution in [1.29, 1.82) is 0 Å². The molecule has 1 amide bonds. The predicted molar refractivity (Wildman–Crippen MR) is 95.1 cm³/mol. The second-order valence-electron chi connectivity index (χ2n) is 5.76. The van der Waals surface area contributed by atoms with Crippen LogP contribution in [-0.2, 0) is 4.79 Å². The quantitative estimate of drug-likeness (QED) is 0.719. The van der Waals surface area contributed by atoms with Crippen molar-refractivity contribution >= 4 is 17.5 Å². The summed E-state index contributed by atoms with van der Waals surface area (Å²) in [6.07, 6.45) is 3.16. The van der Waals surface area contributed by atoms with Crippen LogP contribution in [0.1, 0.15) is 24.2 Å². The van der Waals surface area contributed by atoms with Gasteiger partial charge in [0.1, 0.15) is 5.75 Å². The average molecular weight is 342 g/mol. The van der Waals surface area contributed by atoms with Crippen LogP contribution in [0.3, 0.4) is 0 Å². The maximum atomic E-state index is 11.3. The van der Waals surface area contributed by atoms with Gasteiger partial charge in [0.05, 0.1) is 12.4 Å². The second kappa shape index (κ2) is 8.23. The van der Waals surface area contributed by atoms with E-state index in [2.05, 4.69) is 9.97 Å². The lowest BCUT2D eigenvalue weighted by molar-refractivity contribution is -0.127. The normalized spacial score (nSPS) is 10.2. The standard InChI is InChI=1S/C18H22N4O3/c1-13(23)15-5-7-16(8-6-15)25-18-12-19-11-17(20-18)22(4)10-9-21(3)14(2)24/h5-8,11-12H,9-10H2,1-4H3. The van der Waals surface area contributed by atoms with Crippen molar-refractivity contribution < 1.29 is 14.3 Å². The molecule has 0 saturated heterocycles. The number of aromatic nitrogens is 2. The number of anilines is 1. The van der Waals surface area contributed by atoms with E-state index in [1.807, 2.05) is 11.9 Å². The van der Waals surface area contributed by atoms with Crippen LogP contribution >= 0.6 is 0 Å². The number of ether oxygens (including phenoxy) is 1. The van der Waals surface area contributed by atoms with Gasteiger partial charge in [-0.3, -0.25) is 14.6 Å². The third kappa shape index (κ3) is 5.27. The highest BCUT2D eigenvalue weighted by molar-refractivity contribution is 5.94. The van der Waals surface area contributed by atoms with E-state index in [9.17, 15) is 9.59 Å². The molecule has 2 aromatic rings. The molecular weight excluding hydrogens is 320 g/mol. The molecule has 0 radical (unpaired) electrons. The van der Waals surface area contributed by atoms with Crippen LogP contribution in [-0.4, -0.2) is 53.7 Å². The summed E-state index contributed by atoms with van der Waals surface area (Å²) in [7, 11) is 3.63. The highest BCUT2D eigenvalue weighted by Crippen LogP contribution is 2.21. The lowest BCUT2D eigenvalue weighted by Gasteiger charge is -2.22. The third-order valence-corrected chi connectivity index (χ3v) is 3.78. The van der Waals surface area contributed by atoms with E-state index in [1.54, 1.807) is 42.4 Å². The molecule has 7 nitrogen and oxygen atoms in total. The number of amides is 1. The van der Waals surface area contributed by atoms with E-state index in [1.165, 1.54) is 20.0 Å². The Morgan fingerprint density at radius 3 is 2.32 bits per heavy atom. The summed E-state index contributed by atoms with van der Waals surface area (Å²) in [5.74, 6) is 1.61. The van der Waals surface area contributed by atoms with Gasteiger partial charge in [0.2, 0.25) is 11.8 Å². The molecule has 0 aliphatic heterocycles. The van der Waals surface area contributed by atoms with Crippen LogP contribution in [0.4, 0.5) is 5.82 Å². The molecular formula is C18H22N4O3. The molecule has 1 heterocycles. The lowest BCUT2D eigenvalue weighted by atomic mass is 10.1. The zero-order chi connectivity index (χ0) is 18.4. The monoisotopic (exact) mass is 342 g/mol. The van der Waals surface area contributed by atoms with Gasteiger partial charge < -0.3 is 14.5 Å². The lowest BCUT2D eigenvalue weighted by Crippen LogP contribution is -2.33. The Balaban J connectivity index is 2.02. The molecule has 0 unspecified atom stereocenters. The van der Waals surface area contributed by atoms with Crippen molar-refractivity contribution in [3.05, 3.63) is 42.2 Å². The van der Waals surface area contributed by atoms with E-state index in [0.717, 1.165) is 0 Å². The Hall–Kier alpha value is -2.96. The highest BCUT2D eigenvalue weighted by Gasteiger charge is 2.09. The zero-order valence-electron chi connectivity index (χ0n) is 14.9. The number of carbonyl (C=O) groups excluding carboxylic acids is 2. The number of hydrogen-bond donors (Lipinski definition) is 0. The molecule has 25 heavy (non-hydrogen) atoms. The van der Waals surface area contributed by atoms with Crippen molar-refractivity contribution in [2.75, 3.05) is 32.1 Å². The minimum absolute atomic E-state index is 0.00509. The summed E-state index contributed by atoms with van der Waals surface area (Å²) in [5.41, 5.74) is 0.626. The summed E-state index contributed by atoms with van der Waals surface area (Å²) in [6, 6.07) is 6.85. The minimum atomic E-state index is 0.00509. The molecule has 0 spiro atoms. The first-order valence-electron chi connectivity index (χ1n) is 7.90. The number of rotatable bonds is 7. The highest BCUT2D eigenvalue weighted by atomic mass is 16.5. The minimum Gasteiger partial charge on any atom is -0.437 e. The van der Waals surface area contributed by atoms with Crippen LogP contribution < -0.4 is 9.64 Å². The topological polar surface area (TPSA) is 75.6 Å². The molecule has 0 N–H and O–H groups in total. The van der Waals surface area contributed by atoms with Crippen LogP contribution in [0, 0.1) is 0 Å². The third-order valence-electron chi connectivity index (χ3n) is 3.78. The number of Topliss-reactive ketones (excluding diaryl/α,β-unsaturated/α-hetero) is 1. The van der Waals surface area contributed by atoms with Gasteiger partial charge in [-0.05, 0) is 31.2 Å². The second-order valence-corrected chi connectivity index (χ2v) is 5.76. The van der Waals surface area contributed by atoms with Crippen LogP contribution in [0.2, 0.25) is 0 Å². The van der Waals surface area contributed by atoms with E-state index < -0.39 is 0 Å². The van der Waals surface area contributed by atoms with Crippen molar-refractivity contribution in [1.82, 2.24) is 14.9 Å². The van der Waals surface area contributed by atoms with Gasteiger partial charge in [0.15, 0.2) is 11.6 Å². The zero-order valence-corrected chi connectivity index (χ0v) is 14.9. The largest absolute Gasteiger partial charge is 0.437 e.